The van der Waals surface area contributed by atoms with Gasteiger partial charge in [-0.25, -0.2) is 13.2 Å². The molecule has 3 heterocycles. The fourth-order valence-electron chi connectivity index (χ4n) is 4.64. The maximum Gasteiger partial charge on any atom is 0.410 e. The number of carbonyl (C=O) groups excluding carboxylic acids is 1. The van der Waals surface area contributed by atoms with Crippen molar-refractivity contribution in [1.29, 1.82) is 0 Å². The van der Waals surface area contributed by atoms with E-state index in [1.165, 1.54) is 6.26 Å². The van der Waals surface area contributed by atoms with Crippen LogP contribution in [-0.4, -0.2) is 63.1 Å². The Morgan fingerprint density at radius 1 is 1.09 bits per heavy atom. The number of sulfone groups is 1. The van der Waals surface area contributed by atoms with Crippen LogP contribution >= 0.6 is 0 Å². The van der Waals surface area contributed by atoms with Gasteiger partial charge < -0.3 is 19.1 Å². The normalized spacial score (nSPS) is 20.2. The van der Waals surface area contributed by atoms with Gasteiger partial charge in [0.2, 0.25) is 0 Å². The molecule has 2 aliphatic heterocycles. The van der Waals surface area contributed by atoms with Gasteiger partial charge in [-0.1, -0.05) is 5.16 Å². The van der Waals surface area contributed by atoms with Crippen molar-refractivity contribution in [3.05, 3.63) is 41.8 Å². The summed E-state index contributed by atoms with van der Waals surface area (Å²) in [4.78, 5) is 16.5. The van der Waals surface area contributed by atoms with Gasteiger partial charge >= 0.3 is 6.09 Å². The lowest BCUT2D eigenvalue weighted by molar-refractivity contribution is 0.0691. The van der Waals surface area contributed by atoms with Crippen LogP contribution in [0.3, 0.4) is 0 Å². The summed E-state index contributed by atoms with van der Waals surface area (Å²) in [6.45, 7) is 6.76. The van der Waals surface area contributed by atoms with E-state index >= 15 is 0 Å². The maximum atomic E-state index is 12.2. The number of anilines is 1. The van der Waals surface area contributed by atoms with Crippen molar-refractivity contribution in [3.8, 4) is 0 Å². The number of benzene rings is 1. The fraction of sp³-hybridized carbons (Fsp3) is 0.565. The van der Waals surface area contributed by atoms with E-state index in [1.807, 2.05) is 26.0 Å². The lowest BCUT2D eigenvalue weighted by Gasteiger charge is -2.31. The van der Waals surface area contributed by atoms with Crippen LogP contribution < -0.4 is 4.90 Å². The highest BCUT2D eigenvalue weighted by Gasteiger charge is 2.33. The molecule has 4 rings (SSSR count). The predicted molar refractivity (Wildman–Crippen MR) is 121 cm³/mol. The van der Waals surface area contributed by atoms with Gasteiger partial charge in [-0.3, -0.25) is 0 Å². The Morgan fingerprint density at radius 3 is 2.38 bits per heavy atom. The average Bonchev–Trinajstić information content (AvgIpc) is 3.42. The molecule has 0 bridgehead atoms. The fourth-order valence-corrected chi connectivity index (χ4v) is 5.27. The van der Waals surface area contributed by atoms with E-state index in [0.29, 0.717) is 23.9 Å². The van der Waals surface area contributed by atoms with Crippen LogP contribution in [0.25, 0.3) is 0 Å². The molecule has 2 aromatic rings. The lowest BCUT2D eigenvalue weighted by Crippen LogP contribution is -2.39. The Hall–Kier alpha value is -2.55. The molecule has 2 saturated heterocycles. The molecule has 2 aliphatic rings. The van der Waals surface area contributed by atoms with Crippen LogP contribution in [-0.2, 0) is 14.6 Å². The molecule has 8 nitrogen and oxygen atoms in total. The number of piperidine rings is 1. The number of hydrogen-bond donors (Lipinski definition) is 0. The van der Waals surface area contributed by atoms with Gasteiger partial charge in [-0.15, -0.1) is 0 Å². The van der Waals surface area contributed by atoms with Crippen molar-refractivity contribution in [2.75, 3.05) is 37.3 Å². The summed E-state index contributed by atoms with van der Waals surface area (Å²) in [5.41, 5.74) is 3.19. The maximum absolute atomic E-state index is 12.2. The number of amides is 1. The number of carbonyl (C=O) groups is 1. The molecule has 1 atom stereocenters. The molecule has 9 heteroatoms. The standard InChI is InChI=1S/C23H31N3O5S/c1-16(2)31-23(27)25-11-8-17(9-12-25)21-15-30-24-22(21)18-10-13-26(14-18)19-4-6-20(7-5-19)32(3,28)29/h4-7,15-18H,8-14H2,1-3H3. The van der Waals surface area contributed by atoms with E-state index in [1.54, 1.807) is 23.3 Å². The summed E-state index contributed by atoms with van der Waals surface area (Å²) >= 11 is 0. The second kappa shape index (κ2) is 9.13. The van der Waals surface area contributed by atoms with Crippen LogP contribution in [0.5, 0.6) is 0 Å². The lowest BCUT2D eigenvalue weighted by atomic mass is 9.86. The van der Waals surface area contributed by atoms with Gasteiger partial charge in [-0.05, 0) is 63.3 Å². The first kappa shape index (κ1) is 22.6. The first-order valence-electron chi connectivity index (χ1n) is 11.2. The topological polar surface area (TPSA) is 92.9 Å². The second-order valence-electron chi connectivity index (χ2n) is 9.05. The molecule has 0 radical (unpaired) electrons. The molecule has 32 heavy (non-hydrogen) atoms. The third-order valence-corrected chi connectivity index (χ3v) is 7.49. The van der Waals surface area contributed by atoms with Crippen molar-refractivity contribution in [3.63, 3.8) is 0 Å². The van der Waals surface area contributed by atoms with E-state index < -0.39 is 9.84 Å². The van der Waals surface area contributed by atoms with E-state index in [0.717, 1.165) is 49.3 Å². The van der Waals surface area contributed by atoms with Crippen LogP contribution in [0.1, 0.15) is 56.2 Å². The molecular weight excluding hydrogens is 430 g/mol. The molecule has 0 aliphatic carbocycles. The van der Waals surface area contributed by atoms with Crippen molar-refractivity contribution in [1.82, 2.24) is 10.1 Å². The summed E-state index contributed by atoms with van der Waals surface area (Å²) in [7, 11) is -3.20. The molecule has 0 N–H and O–H groups in total. The number of rotatable bonds is 5. The number of nitrogens with zero attached hydrogens (tertiary/aromatic N) is 3. The Kier molecular flexibility index (Phi) is 6.46. The van der Waals surface area contributed by atoms with Gasteiger partial charge in [-0.2, -0.15) is 0 Å². The van der Waals surface area contributed by atoms with Crippen molar-refractivity contribution < 1.29 is 22.5 Å². The highest BCUT2D eigenvalue weighted by Crippen LogP contribution is 2.37. The molecular formula is C23H31N3O5S. The van der Waals surface area contributed by atoms with E-state index in [4.69, 9.17) is 9.26 Å². The monoisotopic (exact) mass is 461 g/mol. The van der Waals surface area contributed by atoms with Crippen LogP contribution in [0, 0.1) is 0 Å². The number of likely N-dealkylation sites (tertiary alicyclic amines) is 1. The minimum absolute atomic E-state index is 0.113. The van der Waals surface area contributed by atoms with Gasteiger partial charge in [0.1, 0.15) is 6.26 Å². The van der Waals surface area contributed by atoms with E-state index in [-0.39, 0.29) is 18.1 Å². The van der Waals surface area contributed by atoms with E-state index in [9.17, 15) is 13.2 Å². The van der Waals surface area contributed by atoms with Crippen molar-refractivity contribution in [2.45, 2.75) is 55.9 Å². The Morgan fingerprint density at radius 2 is 1.75 bits per heavy atom. The van der Waals surface area contributed by atoms with Crippen LogP contribution in [0.2, 0.25) is 0 Å². The largest absolute Gasteiger partial charge is 0.447 e. The Balaban J connectivity index is 1.39. The minimum Gasteiger partial charge on any atom is -0.447 e. The summed E-state index contributed by atoms with van der Waals surface area (Å²) in [6.07, 6.45) is 5.33. The Labute approximate surface area is 189 Å². The summed E-state index contributed by atoms with van der Waals surface area (Å²) in [5, 5.41) is 4.36. The molecule has 1 unspecified atom stereocenters. The summed E-state index contributed by atoms with van der Waals surface area (Å²) in [5.74, 6) is 0.588. The highest BCUT2D eigenvalue weighted by molar-refractivity contribution is 7.90. The predicted octanol–water partition coefficient (Wildman–Crippen LogP) is 3.80. The number of hydrogen-bond acceptors (Lipinski definition) is 7. The second-order valence-corrected chi connectivity index (χ2v) is 11.1. The molecule has 1 aromatic heterocycles. The average molecular weight is 462 g/mol. The van der Waals surface area contributed by atoms with Crippen LogP contribution in [0.15, 0.2) is 39.9 Å². The summed E-state index contributed by atoms with van der Waals surface area (Å²) in [6, 6.07) is 7.07. The molecule has 1 aromatic carbocycles. The SMILES string of the molecule is CC(C)OC(=O)N1CCC(c2conc2C2CCN(c3ccc(S(C)(=O)=O)cc3)C2)CC1. The molecule has 174 valence electrons. The highest BCUT2D eigenvalue weighted by atomic mass is 32.2. The molecule has 0 saturated carbocycles. The smallest absolute Gasteiger partial charge is 0.410 e. The molecule has 1 amide bonds. The third-order valence-electron chi connectivity index (χ3n) is 6.36. The quantitative estimate of drug-likeness (QED) is 0.669. The number of aromatic nitrogens is 1. The zero-order valence-electron chi connectivity index (χ0n) is 18.9. The van der Waals surface area contributed by atoms with Gasteiger partial charge in [0.15, 0.2) is 9.84 Å². The molecule has 0 spiro atoms. The van der Waals surface area contributed by atoms with Crippen LogP contribution in [0.4, 0.5) is 10.5 Å². The van der Waals surface area contributed by atoms with Gasteiger partial charge in [0.25, 0.3) is 0 Å². The van der Waals surface area contributed by atoms with Crippen molar-refractivity contribution >= 4 is 21.6 Å². The van der Waals surface area contributed by atoms with Crippen molar-refractivity contribution in [2.24, 2.45) is 0 Å². The molecule has 2 fully saturated rings. The minimum atomic E-state index is -3.20. The first-order chi connectivity index (χ1) is 15.2. The Bertz CT molecular complexity index is 1040. The zero-order chi connectivity index (χ0) is 22.9. The first-order valence-corrected chi connectivity index (χ1v) is 13.1. The zero-order valence-corrected chi connectivity index (χ0v) is 19.7. The van der Waals surface area contributed by atoms with E-state index in [2.05, 4.69) is 10.1 Å². The third kappa shape index (κ3) is 4.92. The van der Waals surface area contributed by atoms with Gasteiger partial charge in [0.05, 0.1) is 16.7 Å². The summed E-state index contributed by atoms with van der Waals surface area (Å²) < 4.78 is 34.1. The van der Waals surface area contributed by atoms with Gasteiger partial charge in [0, 0.05) is 49.6 Å². The number of ether oxygens (including phenoxy) is 1.